The average molecular weight is 496 g/mol. The van der Waals surface area contributed by atoms with E-state index in [4.69, 9.17) is 9.47 Å². The third-order valence-corrected chi connectivity index (χ3v) is 7.59. The van der Waals surface area contributed by atoms with E-state index in [0.717, 1.165) is 18.0 Å². The maximum Gasteiger partial charge on any atom is 0.289 e. The Morgan fingerprint density at radius 1 is 1.09 bits per heavy atom. The fourth-order valence-corrected chi connectivity index (χ4v) is 5.32. The molecule has 2 amide bonds. The van der Waals surface area contributed by atoms with Gasteiger partial charge in [0.05, 0.1) is 24.2 Å². The van der Waals surface area contributed by atoms with Crippen LogP contribution in [0, 0.1) is 0 Å². The zero-order valence-corrected chi connectivity index (χ0v) is 19.4. The van der Waals surface area contributed by atoms with Crippen molar-refractivity contribution >= 4 is 38.3 Å². The number of nitrogens with zero attached hydrogens (tertiary/aromatic N) is 2. The van der Waals surface area contributed by atoms with E-state index in [1.165, 1.54) is 35.6 Å². The Labute approximate surface area is 195 Å². The minimum Gasteiger partial charge on any atom is -0.378 e. The number of thiazole rings is 1. The summed E-state index contributed by atoms with van der Waals surface area (Å²) in [5.74, 6) is -1.13. The molecule has 1 aromatic carbocycles. The van der Waals surface area contributed by atoms with Gasteiger partial charge in [0.2, 0.25) is 10.0 Å². The Morgan fingerprint density at radius 3 is 2.52 bits per heavy atom. The highest BCUT2D eigenvalue weighted by Crippen LogP contribution is 2.21. The Morgan fingerprint density at radius 2 is 1.82 bits per heavy atom. The lowest BCUT2D eigenvalue weighted by molar-refractivity contribution is 0.0844. The van der Waals surface area contributed by atoms with Crippen LogP contribution in [-0.4, -0.2) is 70.8 Å². The standard InChI is InChI=1S/C20H25N5O6S2/c26-18(23-24-19(27)17-13-32-20(22-17)25-7-10-30-11-8-25)14-3-5-16(6-4-14)33(28,29)21-12-15-2-1-9-31-15/h3-6,13,15,21H,1-2,7-12H2,(H,23,26)(H,24,27). The number of morpholine rings is 1. The minimum absolute atomic E-state index is 0.0409. The number of carbonyl (C=O) groups excluding carboxylic acids is 2. The zero-order chi connectivity index (χ0) is 23.3. The van der Waals surface area contributed by atoms with Crippen LogP contribution in [0.25, 0.3) is 0 Å². The molecule has 0 spiro atoms. The smallest absolute Gasteiger partial charge is 0.289 e. The van der Waals surface area contributed by atoms with Crippen LogP contribution in [0.4, 0.5) is 5.13 Å². The lowest BCUT2D eigenvalue weighted by Gasteiger charge is -2.25. The lowest BCUT2D eigenvalue weighted by Crippen LogP contribution is -2.42. The Hall–Kier alpha value is -2.58. The van der Waals surface area contributed by atoms with Crippen molar-refractivity contribution in [2.24, 2.45) is 0 Å². The summed E-state index contributed by atoms with van der Waals surface area (Å²) in [4.78, 5) is 31.1. The van der Waals surface area contributed by atoms with Gasteiger partial charge >= 0.3 is 0 Å². The molecule has 3 N–H and O–H groups in total. The molecule has 1 unspecified atom stereocenters. The second-order valence-corrected chi connectivity index (χ2v) is 10.1. The van der Waals surface area contributed by atoms with Crippen molar-refractivity contribution in [3.8, 4) is 0 Å². The van der Waals surface area contributed by atoms with E-state index < -0.39 is 21.8 Å². The van der Waals surface area contributed by atoms with Crippen molar-refractivity contribution in [2.75, 3.05) is 44.4 Å². The first-order valence-corrected chi connectivity index (χ1v) is 12.9. The van der Waals surface area contributed by atoms with E-state index in [0.29, 0.717) is 32.9 Å². The van der Waals surface area contributed by atoms with Gasteiger partial charge in [0, 0.05) is 37.2 Å². The van der Waals surface area contributed by atoms with Gasteiger partial charge in [-0.15, -0.1) is 11.3 Å². The van der Waals surface area contributed by atoms with Crippen LogP contribution < -0.4 is 20.5 Å². The number of benzene rings is 1. The Kier molecular flexibility index (Phi) is 7.55. The third-order valence-electron chi connectivity index (χ3n) is 5.25. The van der Waals surface area contributed by atoms with Crippen LogP contribution in [0.2, 0.25) is 0 Å². The molecule has 2 aromatic rings. The summed E-state index contributed by atoms with van der Waals surface area (Å²) in [5.41, 5.74) is 5.04. The molecule has 33 heavy (non-hydrogen) atoms. The van der Waals surface area contributed by atoms with Gasteiger partial charge in [0.25, 0.3) is 11.8 Å². The van der Waals surface area contributed by atoms with E-state index in [9.17, 15) is 18.0 Å². The van der Waals surface area contributed by atoms with Gasteiger partial charge in [-0.2, -0.15) is 0 Å². The highest BCUT2D eigenvalue weighted by atomic mass is 32.2. The molecule has 0 bridgehead atoms. The first kappa shape index (κ1) is 23.6. The molecule has 2 aliphatic heterocycles. The predicted octanol–water partition coefficient (Wildman–Crippen LogP) is 0.512. The first-order chi connectivity index (χ1) is 15.9. The maximum atomic E-state index is 12.4. The molecule has 2 fully saturated rings. The summed E-state index contributed by atoms with van der Waals surface area (Å²) in [6.45, 7) is 3.50. The largest absolute Gasteiger partial charge is 0.378 e. The van der Waals surface area contributed by atoms with E-state index in [1.54, 1.807) is 5.38 Å². The summed E-state index contributed by atoms with van der Waals surface area (Å²) in [6, 6.07) is 5.43. The Balaban J connectivity index is 1.28. The van der Waals surface area contributed by atoms with Gasteiger partial charge in [0.1, 0.15) is 5.69 Å². The second kappa shape index (κ2) is 10.6. The monoisotopic (exact) mass is 495 g/mol. The van der Waals surface area contributed by atoms with Crippen molar-refractivity contribution < 1.29 is 27.5 Å². The van der Waals surface area contributed by atoms with Crippen molar-refractivity contribution in [1.82, 2.24) is 20.6 Å². The second-order valence-electron chi connectivity index (χ2n) is 7.53. The molecule has 11 nitrogen and oxygen atoms in total. The van der Waals surface area contributed by atoms with Crippen molar-refractivity contribution in [2.45, 2.75) is 23.8 Å². The number of rotatable bonds is 7. The van der Waals surface area contributed by atoms with Gasteiger partial charge in [-0.05, 0) is 37.1 Å². The highest BCUT2D eigenvalue weighted by molar-refractivity contribution is 7.89. The SMILES string of the molecule is O=C(NNC(=O)c1csc(N2CCOCC2)n1)c1ccc(S(=O)(=O)NCC2CCCO2)cc1. The van der Waals surface area contributed by atoms with Gasteiger partial charge in [-0.1, -0.05) is 0 Å². The molecule has 3 heterocycles. The van der Waals surface area contributed by atoms with Crippen molar-refractivity contribution in [1.29, 1.82) is 0 Å². The van der Waals surface area contributed by atoms with E-state index >= 15 is 0 Å². The quantitative estimate of drug-likeness (QED) is 0.473. The number of hydrogen-bond donors (Lipinski definition) is 3. The molecule has 2 saturated heterocycles. The number of anilines is 1. The molecule has 0 radical (unpaired) electrons. The number of carbonyl (C=O) groups is 2. The molecular formula is C20H25N5O6S2. The lowest BCUT2D eigenvalue weighted by atomic mass is 10.2. The average Bonchev–Trinajstić information content (AvgIpc) is 3.54. The Bertz CT molecular complexity index is 1080. The summed E-state index contributed by atoms with van der Waals surface area (Å²) in [7, 11) is -3.71. The van der Waals surface area contributed by atoms with Crippen molar-refractivity contribution in [3.05, 3.63) is 40.9 Å². The number of hydrazine groups is 1. The molecule has 1 atom stereocenters. The van der Waals surface area contributed by atoms with Gasteiger partial charge in [-0.3, -0.25) is 20.4 Å². The first-order valence-electron chi connectivity index (χ1n) is 10.5. The molecule has 0 aliphatic carbocycles. The molecule has 2 aliphatic rings. The molecule has 178 valence electrons. The number of nitrogens with one attached hydrogen (secondary N) is 3. The number of hydrogen-bond acceptors (Lipinski definition) is 9. The van der Waals surface area contributed by atoms with Crippen LogP contribution in [-0.2, 0) is 19.5 Å². The summed E-state index contributed by atoms with van der Waals surface area (Å²) in [5, 5.41) is 2.34. The summed E-state index contributed by atoms with van der Waals surface area (Å²) in [6.07, 6.45) is 1.63. The third kappa shape index (κ3) is 6.06. The van der Waals surface area contributed by atoms with E-state index in [-0.39, 0.29) is 28.8 Å². The number of amides is 2. The molecular weight excluding hydrogens is 470 g/mol. The fraction of sp³-hybridized carbons (Fsp3) is 0.450. The van der Waals surface area contributed by atoms with Crippen LogP contribution >= 0.6 is 11.3 Å². The minimum atomic E-state index is -3.71. The topological polar surface area (TPSA) is 139 Å². The van der Waals surface area contributed by atoms with Crippen LogP contribution in [0.15, 0.2) is 34.5 Å². The van der Waals surface area contributed by atoms with Gasteiger partial charge < -0.3 is 14.4 Å². The predicted molar refractivity (Wildman–Crippen MR) is 121 cm³/mol. The normalized spacial score (nSPS) is 18.8. The van der Waals surface area contributed by atoms with Crippen LogP contribution in [0.3, 0.4) is 0 Å². The van der Waals surface area contributed by atoms with Crippen LogP contribution in [0.1, 0.15) is 33.7 Å². The van der Waals surface area contributed by atoms with Crippen LogP contribution in [0.5, 0.6) is 0 Å². The molecule has 1 aromatic heterocycles. The highest BCUT2D eigenvalue weighted by Gasteiger charge is 2.21. The van der Waals surface area contributed by atoms with Gasteiger partial charge in [-0.25, -0.2) is 18.1 Å². The van der Waals surface area contributed by atoms with E-state index in [1.807, 2.05) is 4.90 Å². The zero-order valence-electron chi connectivity index (χ0n) is 17.8. The maximum absolute atomic E-state index is 12.4. The van der Waals surface area contributed by atoms with E-state index in [2.05, 4.69) is 20.6 Å². The molecule has 0 saturated carbocycles. The number of ether oxygens (including phenoxy) is 2. The number of aromatic nitrogens is 1. The fourth-order valence-electron chi connectivity index (χ4n) is 3.39. The number of sulfonamides is 1. The molecule has 13 heteroatoms. The van der Waals surface area contributed by atoms with Gasteiger partial charge in [0.15, 0.2) is 5.13 Å². The van der Waals surface area contributed by atoms with Crippen molar-refractivity contribution in [3.63, 3.8) is 0 Å². The summed E-state index contributed by atoms with van der Waals surface area (Å²) < 4.78 is 38.1. The molecule has 4 rings (SSSR count). The summed E-state index contributed by atoms with van der Waals surface area (Å²) >= 11 is 1.35.